The van der Waals surface area contributed by atoms with Crippen molar-refractivity contribution in [2.45, 2.75) is 0 Å². The smallest absolute Gasteiger partial charge is 0.262 e. The molecule has 2 rings (SSSR count). The number of carbonyl (C=O) groups is 1. The standard InChI is InChI=1S/C11H16BrN3OS.ClH/c12-9-1-8-17-10(9)11(16)14-4-7-15-5-2-13-3-6-15;/h1,8,13H,2-7H2,(H,14,16);1H. The number of carbonyl (C=O) groups excluding carboxylic acids is 1. The number of nitrogens with zero attached hydrogens (tertiary/aromatic N) is 1. The maximum atomic E-state index is 11.8. The Hall–Kier alpha value is -0.140. The van der Waals surface area contributed by atoms with E-state index in [-0.39, 0.29) is 18.3 Å². The van der Waals surface area contributed by atoms with E-state index in [1.807, 2.05) is 11.4 Å². The quantitative estimate of drug-likeness (QED) is 0.862. The summed E-state index contributed by atoms with van der Waals surface area (Å²) in [7, 11) is 0. The van der Waals surface area contributed by atoms with E-state index in [0.717, 1.165) is 42.1 Å². The van der Waals surface area contributed by atoms with Crippen LogP contribution in [0.5, 0.6) is 0 Å². The molecule has 0 aliphatic carbocycles. The van der Waals surface area contributed by atoms with Crippen LogP contribution in [-0.4, -0.2) is 50.1 Å². The van der Waals surface area contributed by atoms with Crippen LogP contribution in [0, 0.1) is 0 Å². The summed E-state index contributed by atoms with van der Waals surface area (Å²) in [5.74, 6) is 0.0157. The van der Waals surface area contributed by atoms with Gasteiger partial charge in [0, 0.05) is 43.7 Å². The molecule has 0 radical (unpaired) electrons. The maximum Gasteiger partial charge on any atom is 0.262 e. The molecule has 1 aliphatic heterocycles. The molecule has 7 heteroatoms. The number of hydrogen-bond acceptors (Lipinski definition) is 4. The first-order valence-electron chi connectivity index (χ1n) is 5.71. The molecule has 1 aromatic heterocycles. The number of hydrogen-bond donors (Lipinski definition) is 2. The Bertz CT molecular complexity index is 382. The second-order valence-corrected chi connectivity index (χ2v) is 5.72. The summed E-state index contributed by atoms with van der Waals surface area (Å²) in [6.45, 7) is 5.87. The minimum absolute atomic E-state index is 0. The molecule has 1 saturated heterocycles. The Morgan fingerprint density at radius 3 is 2.83 bits per heavy atom. The van der Waals surface area contributed by atoms with Gasteiger partial charge in [-0.1, -0.05) is 0 Å². The predicted molar refractivity (Wildman–Crippen MR) is 80.9 cm³/mol. The zero-order chi connectivity index (χ0) is 12.1. The average molecular weight is 355 g/mol. The van der Waals surface area contributed by atoms with E-state index >= 15 is 0 Å². The fourth-order valence-electron chi connectivity index (χ4n) is 1.80. The van der Waals surface area contributed by atoms with E-state index in [2.05, 4.69) is 31.5 Å². The van der Waals surface area contributed by atoms with Crippen molar-refractivity contribution in [1.82, 2.24) is 15.5 Å². The monoisotopic (exact) mass is 353 g/mol. The van der Waals surface area contributed by atoms with Crippen molar-refractivity contribution in [3.8, 4) is 0 Å². The van der Waals surface area contributed by atoms with Gasteiger partial charge >= 0.3 is 0 Å². The number of halogens is 2. The molecule has 1 amide bonds. The fourth-order valence-corrected chi connectivity index (χ4v) is 3.27. The SMILES string of the molecule is Cl.O=C(NCCN1CCNCC1)c1sccc1Br. The second-order valence-electron chi connectivity index (χ2n) is 3.95. The Kier molecular flexibility index (Phi) is 7.18. The Labute approximate surface area is 126 Å². The lowest BCUT2D eigenvalue weighted by atomic mass is 10.3. The van der Waals surface area contributed by atoms with Crippen molar-refractivity contribution in [3.63, 3.8) is 0 Å². The third-order valence-corrected chi connectivity index (χ3v) is 4.58. The van der Waals surface area contributed by atoms with Crippen molar-refractivity contribution in [1.29, 1.82) is 0 Å². The molecule has 102 valence electrons. The Morgan fingerprint density at radius 2 is 2.22 bits per heavy atom. The van der Waals surface area contributed by atoms with Crippen molar-refractivity contribution in [2.75, 3.05) is 39.3 Å². The first-order valence-corrected chi connectivity index (χ1v) is 7.39. The molecule has 0 saturated carbocycles. The summed E-state index contributed by atoms with van der Waals surface area (Å²) < 4.78 is 0.877. The van der Waals surface area contributed by atoms with Crippen LogP contribution in [0.25, 0.3) is 0 Å². The van der Waals surface area contributed by atoms with Crippen LogP contribution in [0.15, 0.2) is 15.9 Å². The molecular weight excluding hydrogens is 338 g/mol. The van der Waals surface area contributed by atoms with Gasteiger partial charge in [-0.05, 0) is 27.4 Å². The van der Waals surface area contributed by atoms with E-state index in [0.29, 0.717) is 6.54 Å². The van der Waals surface area contributed by atoms with E-state index in [4.69, 9.17) is 0 Å². The molecule has 1 fully saturated rings. The van der Waals surface area contributed by atoms with Crippen molar-refractivity contribution in [2.24, 2.45) is 0 Å². The van der Waals surface area contributed by atoms with E-state index in [1.54, 1.807) is 0 Å². The van der Waals surface area contributed by atoms with Gasteiger partial charge in [0.2, 0.25) is 0 Å². The van der Waals surface area contributed by atoms with Crippen molar-refractivity contribution < 1.29 is 4.79 Å². The molecule has 0 atom stereocenters. The summed E-state index contributed by atoms with van der Waals surface area (Å²) in [4.78, 5) is 14.9. The van der Waals surface area contributed by atoms with Crippen LogP contribution < -0.4 is 10.6 Å². The summed E-state index contributed by atoms with van der Waals surface area (Å²) >= 11 is 4.83. The van der Waals surface area contributed by atoms with Gasteiger partial charge in [0.25, 0.3) is 5.91 Å². The molecule has 1 aromatic rings. The van der Waals surface area contributed by atoms with Crippen LogP contribution in [0.1, 0.15) is 9.67 Å². The maximum absolute atomic E-state index is 11.8. The van der Waals surface area contributed by atoms with Gasteiger partial charge in [0.05, 0.1) is 0 Å². The van der Waals surface area contributed by atoms with E-state index in [1.165, 1.54) is 11.3 Å². The lowest BCUT2D eigenvalue weighted by Gasteiger charge is -2.27. The molecule has 18 heavy (non-hydrogen) atoms. The first kappa shape index (κ1) is 15.9. The molecule has 4 nitrogen and oxygen atoms in total. The van der Waals surface area contributed by atoms with E-state index in [9.17, 15) is 4.79 Å². The topological polar surface area (TPSA) is 44.4 Å². The normalized spacial score (nSPS) is 16.1. The molecule has 2 heterocycles. The summed E-state index contributed by atoms with van der Waals surface area (Å²) in [6, 6.07) is 1.90. The van der Waals surface area contributed by atoms with Gasteiger partial charge in [0.15, 0.2) is 0 Å². The number of piperazine rings is 1. The van der Waals surface area contributed by atoms with Crippen LogP contribution in [-0.2, 0) is 0 Å². The van der Waals surface area contributed by atoms with Crippen LogP contribution >= 0.6 is 39.7 Å². The molecular formula is C11H17BrClN3OS. The number of nitrogens with one attached hydrogen (secondary N) is 2. The highest BCUT2D eigenvalue weighted by Gasteiger charge is 2.12. The first-order chi connectivity index (χ1) is 8.27. The molecule has 0 spiro atoms. The van der Waals surface area contributed by atoms with Crippen molar-refractivity contribution in [3.05, 3.63) is 20.8 Å². The zero-order valence-electron chi connectivity index (χ0n) is 9.95. The molecule has 0 unspecified atom stereocenters. The largest absolute Gasteiger partial charge is 0.350 e. The Balaban J connectivity index is 0.00000162. The van der Waals surface area contributed by atoms with Gasteiger partial charge in [-0.2, -0.15) is 0 Å². The summed E-state index contributed by atoms with van der Waals surface area (Å²) in [5, 5.41) is 8.17. The van der Waals surface area contributed by atoms with Gasteiger partial charge in [-0.25, -0.2) is 0 Å². The lowest BCUT2D eigenvalue weighted by Crippen LogP contribution is -2.46. The molecule has 0 bridgehead atoms. The number of thiophene rings is 1. The van der Waals surface area contributed by atoms with Crippen LogP contribution in [0.4, 0.5) is 0 Å². The number of amides is 1. The van der Waals surface area contributed by atoms with Crippen LogP contribution in [0.2, 0.25) is 0 Å². The number of rotatable bonds is 4. The molecule has 2 N–H and O–H groups in total. The zero-order valence-corrected chi connectivity index (χ0v) is 13.2. The van der Waals surface area contributed by atoms with Gasteiger partial charge in [-0.15, -0.1) is 23.7 Å². The second kappa shape index (κ2) is 8.12. The third-order valence-electron chi connectivity index (χ3n) is 2.75. The minimum Gasteiger partial charge on any atom is -0.350 e. The lowest BCUT2D eigenvalue weighted by molar-refractivity contribution is 0.0950. The van der Waals surface area contributed by atoms with Gasteiger partial charge in [0.1, 0.15) is 4.88 Å². The molecule has 0 aromatic carbocycles. The third kappa shape index (κ3) is 4.51. The summed E-state index contributed by atoms with van der Waals surface area (Å²) in [5.41, 5.74) is 0. The highest BCUT2D eigenvalue weighted by molar-refractivity contribution is 9.10. The molecule has 1 aliphatic rings. The highest BCUT2D eigenvalue weighted by Crippen LogP contribution is 2.22. The summed E-state index contributed by atoms with van der Waals surface area (Å²) in [6.07, 6.45) is 0. The average Bonchev–Trinajstić information content (AvgIpc) is 2.77. The predicted octanol–water partition coefficient (Wildman–Crippen LogP) is 1.57. The minimum atomic E-state index is 0. The van der Waals surface area contributed by atoms with Crippen molar-refractivity contribution >= 4 is 45.6 Å². The van der Waals surface area contributed by atoms with Crippen LogP contribution in [0.3, 0.4) is 0 Å². The van der Waals surface area contributed by atoms with Gasteiger partial charge < -0.3 is 10.6 Å². The Morgan fingerprint density at radius 1 is 1.50 bits per heavy atom. The van der Waals surface area contributed by atoms with E-state index < -0.39 is 0 Å². The van der Waals surface area contributed by atoms with Gasteiger partial charge in [-0.3, -0.25) is 9.69 Å². The highest BCUT2D eigenvalue weighted by atomic mass is 79.9. The fraction of sp³-hybridized carbons (Fsp3) is 0.545.